The largest absolute Gasteiger partial charge is 0.297 e. The van der Waals surface area contributed by atoms with E-state index in [-0.39, 0.29) is 0 Å². The third-order valence-corrected chi connectivity index (χ3v) is 2.98. The van der Waals surface area contributed by atoms with E-state index in [2.05, 4.69) is 45.8 Å². The van der Waals surface area contributed by atoms with Crippen molar-refractivity contribution >= 4 is 15.9 Å². The van der Waals surface area contributed by atoms with Gasteiger partial charge in [0.25, 0.3) is 0 Å². The summed E-state index contributed by atoms with van der Waals surface area (Å²) in [5.74, 6) is 0. The van der Waals surface area contributed by atoms with Crippen LogP contribution < -0.4 is 0 Å². The average Bonchev–Trinajstić information content (AvgIpc) is 2.59. The van der Waals surface area contributed by atoms with Gasteiger partial charge in [0.2, 0.25) is 0 Å². The number of hydrogen-bond donors (Lipinski definition) is 0. The lowest BCUT2D eigenvalue weighted by molar-refractivity contribution is 0.290. The maximum Gasteiger partial charge on any atom is 0.0625 e. The van der Waals surface area contributed by atoms with Crippen LogP contribution in [0.5, 0.6) is 0 Å². The van der Waals surface area contributed by atoms with Crippen LogP contribution in [0.2, 0.25) is 0 Å². The Kier molecular flexibility index (Phi) is 5.32. The number of nitrogens with zero attached hydrogens (tertiary/aromatic N) is 3. The first-order valence-electron chi connectivity index (χ1n) is 5.51. The molecule has 0 aliphatic heterocycles. The summed E-state index contributed by atoms with van der Waals surface area (Å²) in [6, 6.07) is 2.21. The molecule has 0 saturated carbocycles. The van der Waals surface area contributed by atoms with Gasteiger partial charge in [-0.05, 0) is 19.0 Å². The molecule has 0 bridgehead atoms. The zero-order valence-corrected chi connectivity index (χ0v) is 11.4. The van der Waals surface area contributed by atoms with Gasteiger partial charge in [0.15, 0.2) is 0 Å². The van der Waals surface area contributed by atoms with Gasteiger partial charge in [-0.3, -0.25) is 9.58 Å². The molecule has 0 fully saturated rings. The van der Waals surface area contributed by atoms with E-state index in [9.17, 15) is 0 Å². The third kappa shape index (κ3) is 3.61. The molecule has 1 aromatic rings. The van der Waals surface area contributed by atoms with Crippen molar-refractivity contribution in [2.45, 2.75) is 26.8 Å². The minimum absolute atomic E-state index is 0.992. The molecule has 0 atom stereocenters. The van der Waals surface area contributed by atoms with Crippen LogP contribution in [0, 0.1) is 0 Å². The van der Waals surface area contributed by atoms with Crippen molar-refractivity contribution in [1.29, 1.82) is 0 Å². The number of aromatic nitrogens is 2. The molecule has 0 aliphatic rings. The van der Waals surface area contributed by atoms with Gasteiger partial charge in [-0.1, -0.05) is 29.8 Å². The number of aryl methyl sites for hydroxylation is 2. The van der Waals surface area contributed by atoms with E-state index in [1.54, 1.807) is 0 Å². The van der Waals surface area contributed by atoms with Crippen molar-refractivity contribution < 1.29 is 0 Å². The second kappa shape index (κ2) is 6.28. The van der Waals surface area contributed by atoms with Gasteiger partial charge in [-0.15, -0.1) is 0 Å². The van der Waals surface area contributed by atoms with Gasteiger partial charge < -0.3 is 0 Å². The molecule has 1 aromatic heterocycles. The second-order valence-corrected chi connectivity index (χ2v) is 4.45. The summed E-state index contributed by atoms with van der Waals surface area (Å²) in [6.45, 7) is 7.49. The van der Waals surface area contributed by atoms with E-state index in [4.69, 9.17) is 0 Å². The summed E-state index contributed by atoms with van der Waals surface area (Å²) in [4.78, 5) is 2.41. The fraction of sp³-hybridized carbons (Fsp3) is 0.727. The van der Waals surface area contributed by atoms with Gasteiger partial charge in [0.05, 0.1) is 11.4 Å². The summed E-state index contributed by atoms with van der Waals surface area (Å²) in [5, 5.41) is 5.48. The Balaban J connectivity index is 2.65. The van der Waals surface area contributed by atoms with Gasteiger partial charge >= 0.3 is 0 Å². The van der Waals surface area contributed by atoms with Crippen LogP contribution in [0.4, 0.5) is 0 Å². The Morgan fingerprint density at radius 2 is 2.20 bits per heavy atom. The highest BCUT2D eigenvalue weighted by Gasteiger charge is 2.08. The first-order chi connectivity index (χ1) is 7.21. The molecule has 0 saturated heterocycles. The molecule has 3 nitrogen and oxygen atoms in total. The first kappa shape index (κ1) is 12.7. The lowest BCUT2D eigenvalue weighted by atomic mass is 10.3. The lowest BCUT2D eigenvalue weighted by Crippen LogP contribution is -2.25. The number of alkyl halides is 1. The van der Waals surface area contributed by atoms with Crippen LogP contribution >= 0.6 is 15.9 Å². The fourth-order valence-electron chi connectivity index (χ4n) is 1.59. The Hall–Kier alpha value is -0.350. The van der Waals surface area contributed by atoms with Crippen molar-refractivity contribution in [1.82, 2.24) is 14.7 Å². The Labute approximate surface area is 101 Å². The van der Waals surface area contributed by atoms with Crippen molar-refractivity contribution in [2.24, 2.45) is 7.05 Å². The van der Waals surface area contributed by atoms with Gasteiger partial charge in [-0.2, -0.15) is 5.10 Å². The van der Waals surface area contributed by atoms with E-state index >= 15 is 0 Å². The minimum Gasteiger partial charge on any atom is -0.297 e. The molecule has 0 amide bonds. The van der Waals surface area contributed by atoms with Crippen LogP contribution in [-0.4, -0.2) is 33.1 Å². The number of rotatable bonds is 6. The summed E-state index contributed by atoms with van der Waals surface area (Å²) < 4.78 is 2.00. The second-order valence-electron chi connectivity index (χ2n) is 3.66. The first-order valence-corrected chi connectivity index (χ1v) is 6.63. The van der Waals surface area contributed by atoms with Crippen molar-refractivity contribution in [3.63, 3.8) is 0 Å². The topological polar surface area (TPSA) is 21.1 Å². The highest BCUT2D eigenvalue weighted by Crippen LogP contribution is 2.07. The molecule has 1 heterocycles. The smallest absolute Gasteiger partial charge is 0.0625 e. The zero-order valence-electron chi connectivity index (χ0n) is 9.83. The average molecular weight is 274 g/mol. The monoisotopic (exact) mass is 273 g/mol. The van der Waals surface area contributed by atoms with E-state index in [1.165, 1.54) is 11.4 Å². The van der Waals surface area contributed by atoms with Crippen LogP contribution in [0.25, 0.3) is 0 Å². The van der Waals surface area contributed by atoms with Crippen molar-refractivity contribution in [3.8, 4) is 0 Å². The molecule has 15 heavy (non-hydrogen) atoms. The van der Waals surface area contributed by atoms with Crippen molar-refractivity contribution in [3.05, 3.63) is 17.5 Å². The summed E-state index contributed by atoms with van der Waals surface area (Å²) in [6.07, 6.45) is 1.01. The van der Waals surface area contributed by atoms with Gasteiger partial charge in [0, 0.05) is 25.5 Å². The summed E-state index contributed by atoms with van der Waals surface area (Å²) in [7, 11) is 2.02. The molecular weight excluding hydrogens is 254 g/mol. The van der Waals surface area contributed by atoms with Crippen molar-refractivity contribution in [2.75, 3.05) is 18.4 Å². The molecule has 0 spiro atoms. The molecule has 0 aromatic carbocycles. The molecule has 0 radical (unpaired) electrons. The standard InChI is InChI=1S/C11H20BrN3/c1-4-10-8-11(14(3)13-10)9-15(5-2)7-6-12/h8H,4-7,9H2,1-3H3. The quantitative estimate of drug-likeness (QED) is 0.741. The fourth-order valence-corrected chi connectivity index (χ4v) is 2.09. The van der Waals surface area contributed by atoms with E-state index in [0.717, 1.165) is 31.4 Å². The maximum absolute atomic E-state index is 4.45. The SMILES string of the molecule is CCc1cc(CN(CC)CCBr)n(C)n1. The van der Waals surface area contributed by atoms with Crippen LogP contribution in [-0.2, 0) is 20.0 Å². The van der Waals surface area contributed by atoms with E-state index in [0.29, 0.717) is 0 Å². The molecule has 86 valence electrons. The predicted molar refractivity (Wildman–Crippen MR) is 67.3 cm³/mol. The van der Waals surface area contributed by atoms with E-state index < -0.39 is 0 Å². The van der Waals surface area contributed by atoms with Crippen LogP contribution in [0.3, 0.4) is 0 Å². The van der Waals surface area contributed by atoms with Crippen LogP contribution in [0.15, 0.2) is 6.07 Å². The molecule has 0 N–H and O–H groups in total. The Morgan fingerprint density at radius 3 is 2.67 bits per heavy atom. The highest BCUT2D eigenvalue weighted by atomic mass is 79.9. The molecule has 1 rings (SSSR count). The molecule has 0 unspecified atom stereocenters. The lowest BCUT2D eigenvalue weighted by Gasteiger charge is -2.18. The zero-order chi connectivity index (χ0) is 11.3. The van der Waals surface area contributed by atoms with E-state index in [1.807, 2.05) is 11.7 Å². The number of halogens is 1. The van der Waals surface area contributed by atoms with Gasteiger partial charge in [-0.25, -0.2) is 0 Å². The Morgan fingerprint density at radius 1 is 1.47 bits per heavy atom. The maximum atomic E-state index is 4.45. The normalized spacial score (nSPS) is 11.3. The Bertz CT molecular complexity index is 296. The summed E-state index contributed by atoms with van der Waals surface area (Å²) in [5.41, 5.74) is 2.48. The molecule has 4 heteroatoms. The number of hydrogen-bond acceptors (Lipinski definition) is 2. The third-order valence-electron chi connectivity index (χ3n) is 2.62. The highest BCUT2D eigenvalue weighted by molar-refractivity contribution is 9.09. The van der Waals surface area contributed by atoms with Crippen LogP contribution in [0.1, 0.15) is 25.2 Å². The summed E-state index contributed by atoms with van der Waals surface area (Å²) >= 11 is 3.48. The predicted octanol–water partition coefficient (Wildman–Crippen LogP) is 2.20. The van der Waals surface area contributed by atoms with Gasteiger partial charge in [0.1, 0.15) is 0 Å². The molecule has 0 aliphatic carbocycles. The minimum atomic E-state index is 0.992. The molecular formula is C11H20BrN3.